The summed E-state index contributed by atoms with van der Waals surface area (Å²) in [6.45, 7) is 2.54. The van der Waals surface area contributed by atoms with Gasteiger partial charge in [-0.15, -0.1) is 0 Å². The molecule has 0 saturated carbocycles. The minimum absolute atomic E-state index is 0. The molecule has 0 fully saturated rings. The summed E-state index contributed by atoms with van der Waals surface area (Å²) in [6, 6.07) is 10.4. The molecule has 0 radical (unpaired) electrons. The topological polar surface area (TPSA) is 115 Å². The molecular formula is C11H22Cl2N2O2Pt. The van der Waals surface area contributed by atoms with E-state index in [9.17, 15) is 0 Å². The summed E-state index contributed by atoms with van der Waals surface area (Å²) in [6.07, 6.45) is 1.94. The number of halogens is 2. The third-order valence-corrected chi connectivity index (χ3v) is 2.29. The van der Waals surface area contributed by atoms with Crippen LogP contribution in [0.15, 0.2) is 30.3 Å². The van der Waals surface area contributed by atoms with Crippen LogP contribution >= 0.6 is 18.8 Å². The van der Waals surface area contributed by atoms with E-state index in [1.54, 1.807) is 0 Å². The number of benzene rings is 1. The van der Waals surface area contributed by atoms with Crippen LogP contribution in [0.4, 0.5) is 0 Å². The quantitative estimate of drug-likeness (QED) is 0.670. The van der Waals surface area contributed by atoms with Gasteiger partial charge in [0.1, 0.15) is 0 Å². The molecule has 0 aromatic heterocycles. The van der Waals surface area contributed by atoms with Crippen molar-refractivity contribution in [2.75, 3.05) is 6.54 Å². The molecule has 112 valence electrons. The second-order valence-electron chi connectivity index (χ2n) is 3.89. The van der Waals surface area contributed by atoms with Crippen molar-refractivity contribution in [3.8, 4) is 0 Å². The Kier molecular flexibility index (Phi) is 17.9. The molecule has 0 heterocycles. The Morgan fingerprint density at radius 1 is 1.17 bits per heavy atom. The summed E-state index contributed by atoms with van der Waals surface area (Å²) < 4.78 is 0. The molecule has 0 spiro atoms. The fourth-order valence-electron chi connectivity index (χ4n) is 1.18. The zero-order valence-electron chi connectivity index (χ0n) is 10.2. The number of hydrogen-bond acceptors (Lipinski definition) is 2. The Bertz CT molecular complexity index is 277. The van der Waals surface area contributed by atoms with Crippen LogP contribution in [0.5, 0.6) is 0 Å². The van der Waals surface area contributed by atoms with Gasteiger partial charge < -0.3 is 22.4 Å². The fourth-order valence-corrected chi connectivity index (χ4v) is 1.18. The van der Waals surface area contributed by atoms with Crippen molar-refractivity contribution in [1.82, 2.24) is 0 Å². The molecule has 7 heteroatoms. The van der Waals surface area contributed by atoms with Gasteiger partial charge in [0.25, 0.3) is 0 Å². The van der Waals surface area contributed by atoms with Gasteiger partial charge in [0.2, 0.25) is 0 Å². The predicted molar refractivity (Wildman–Crippen MR) is 75.3 cm³/mol. The van der Waals surface area contributed by atoms with Crippen LogP contribution in [-0.2, 0) is 22.9 Å². The Balaban J connectivity index is -0.000000410. The van der Waals surface area contributed by atoms with Crippen LogP contribution in [-0.4, -0.2) is 23.0 Å². The maximum atomic E-state index is 5.94. The Morgan fingerprint density at radius 2 is 1.61 bits per heavy atom. The van der Waals surface area contributed by atoms with Crippen molar-refractivity contribution >= 4 is 18.8 Å². The summed E-state index contributed by atoms with van der Waals surface area (Å²) in [7, 11) is 9.75. The average molecular weight is 480 g/mol. The van der Waals surface area contributed by atoms with Crippen LogP contribution in [0.25, 0.3) is 0 Å². The molecule has 0 aliphatic carbocycles. The second kappa shape index (κ2) is 13.8. The van der Waals surface area contributed by atoms with Crippen LogP contribution in [0.2, 0.25) is 0 Å². The van der Waals surface area contributed by atoms with Crippen molar-refractivity contribution in [1.29, 1.82) is 0 Å². The Hall–Kier alpha value is 0.328. The molecule has 0 amide bonds. The molecule has 1 atom stereocenters. The third-order valence-electron chi connectivity index (χ3n) is 2.29. The minimum atomic E-state index is -0.472. The van der Waals surface area contributed by atoms with E-state index in [1.165, 1.54) is 5.56 Å². The van der Waals surface area contributed by atoms with Gasteiger partial charge in [0.15, 0.2) is 0 Å². The maximum absolute atomic E-state index is 5.94. The first-order chi connectivity index (χ1) is 7.55. The van der Waals surface area contributed by atoms with Gasteiger partial charge in [-0.25, -0.2) is 0 Å². The number of nitrogens with two attached hydrogens (primary N) is 2. The van der Waals surface area contributed by atoms with E-state index in [1.807, 2.05) is 25.1 Å². The molecule has 0 bridgehead atoms. The van der Waals surface area contributed by atoms with Crippen molar-refractivity contribution in [2.45, 2.75) is 25.3 Å². The summed E-state index contributed by atoms with van der Waals surface area (Å²) in [4.78, 5) is 0. The molecule has 1 aromatic rings. The fraction of sp³-hybridized carbons (Fsp3) is 0.455. The van der Waals surface area contributed by atoms with Gasteiger partial charge in [-0.1, -0.05) is 30.3 Å². The first-order valence-corrected chi connectivity index (χ1v) is 10.5. The predicted octanol–water partition coefficient (Wildman–Crippen LogP) is 1.02. The van der Waals surface area contributed by atoms with Crippen molar-refractivity contribution in [3.05, 3.63) is 35.9 Å². The standard InChI is InChI=1S/C11H18N2.2ClH.2H2O.Pt/c1-11(13,9-12)8-7-10-5-3-2-4-6-10;;;;;/h2-6H,7-9,12-13H2,1H3;2*1H;2*1H2;/q;;;;;+2/p-2. The summed E-state index contributed by atoms with van der Waals surface area (Å²) in [5.41, 5.74) is 12.6. The van der Waals surface area contributed by atoms with Gasteiger partial charge in [0.05, 0.1) is 0 Å². The molecule has 18 heavy (non-hydrogen) atoms. The first kappa shape index (κ1) is 23.4. The first-order valence-electron chi connectivity index (χ1n) is 4.91. The number of hydrogen-bond donors (Lipinski definition) is 2. The normalized spacial score (nSPS) is 12.3. The molecular weight excluding hydrogens is 458 g/mol. The van der Waals surface area contributed by atoms with Crippen LogP contribution in [0.1, 0.15) is 18.9 Å². The second-order valence-corrected chi connectivity index (χ2v) is 7.17. The molecule has 1 unspecified atom stereocenters. The van der Waals surface area contributed by atoms with Crippen LogP contribution < -0.4 is 11.5 Å². The molecule has 1 aromatic carbocycles. The van der Waals surface area contributed by atoms with Gasteiger partial charge in [-0.3, -0.25) is 0 Å². The molecule has 0 aliphatic heterocycles. The van der Waals surface area contributed by atoms with Crippen molar-refractivity contribution in [2.24, 2.45) is 11.5 Å². The van der Waals surface area contributed by atoms with E-state index in [0.717, 1.165) is 12.8 Å². The van der Waals surface area contributed by atoms with E-state index in [0.29, 0.717) is 6.54 Å². The molecule has 0 saturated heterocycles. The van der Waals surface area contributed by atoms with Crippen molar-refractivity contribution < 1.29 is 27.4 Å². The van der Waals surface area contributed by atoms with Crippen molar-refractivity contribution in [3.63, 3.8) is 0 Å². The van der Waals surface area contributed by atoms with Crippen LogP contribution in [0, 0.1) is 0 Å². The molecule has 1 rings (SSSR count). The number of aryl methyl sites for hydroxylation is 1. The number of rotatable bonds is 4. The summed E-state index contributed by atoms with van der Waals surface area (Å²) in [5.74, 6) is 0. The van der Waals surface area contributed by atoms with Gasteiger partial charge in [-0.05, 0) is 25.3 Å². The monoisotopic (exact) mass is 479 g/mol. The van der Waals surface area contributed by atoms with Crippen LogP contribution in [0.3, 0.4) is 0 Å². The molecule has 8 N–H and O–H groups in total. The molecule has 4 nitrogen and oxygen atoms in total. The zero-order valence-corrected chi connectivity index (χ0v) is 14.0. The third kappa shape index (κ3) is 12.8. The van der Waals surface area contributed by atoms with Gasteiger partial charge in [-0.2, -0.15) is 0 Å². The van der Waals surface area contributed by atoms with E-state index in [-0.39, 0.29) is 16.5 Å². The van der Waals surface area contributed by atoms with E-state index in [2.05, 4.69) is 12.1 Å². The SMILES string of the molecule is CC(N)(CN)CCc1ccccc1.O.O.[Cl][Pt][Cl]. The zero-order chi connectivity index (χ0) is 12.4. The summed E-state index contributed by atoms with van der Waals surface area (Å²) in [5, 5.41) is 0. The van der Waals surface area contributed by atoms with E-state index >= 15 is 0 Å². The van der Waals surface area contributed by atoms with Gasteiger partial charge >= 0.3 is 35.3 Å². The summed E-state index contributed by atoms with van der Waals surface area (Å²) >= 11 is -0.472. The van der Waals surface area contributed by atoms with E-state index < -0.39 is 16.5 Å². The average Bonchev–Trinajstić information content (AvgIpc) is 2.29. The van der Waals surface area contributed by atoms with E-state index in [4.69, 9.17) is 30.3 Å². The van der Waals surface area contributed by atoms with Gasteiger partial charge in [0, 0.05) is 12.1 Å². The Labute approximate surface area is 125 Å². The Morgan fingerprint density at radius 3 is 2.00 bits per heavy atom. The molecule has 0 aliphatic rings.